The van der Waals surface area contributed by atoms with Gasteiger partial charge in [0.25, 0.3) is 0 Å². The van der Waals surface area contributed by atoms with E-state index in [1.165, 1.54) is 32.1 Å². The zero-order chi connectivity index (χ0) is 13.7. The van der Waals surface area contributed by atoms with Crippen molar-refractivity contribution in [2.75, 3.05) is 12.8 Å². The molecule has 0 spiro atoms. The van der Waals surface area contributed by atoms with Gasteiger partial charge in [-0.15, -0.1) is 0 Å². The Hall–Kier alpha value is -0.0800. The van der Waals surface area contributed by atoms with Gasteiger partial charge in [0.15, 0.2) is 0 Å². The number of nitrogens with zero attached hydrogens (tertiary/aromatic N) is 2. The highest BCUT2D eigenvalue weighted by atomic mass is 127. The van der Waals surface area contributed by atoms with Gasteiger partial charge >= 0.3 is 0 Å². The second kappa shape index (κ2) is 7.64. The maximum Gasteiger partial charge on any atom is 0.141 e. The Labute approximate surface area is 132 Å². The summed E-state index contributed by atoms with van der Waals surface area (Å²) < 4.78 is 6.06. The number of hydrogen-bond acceptors (Lipinski definition) is 5. The Morgan fingerprint density at radius 3 is 2.74 bits per heavy atom. The van der Waals surface area contributed by atoms with E-state index < -0.39 is 0 Å². The average Bonchev–Trinajstić information content (AvgIpc) is 2.43. The quantitative estimate of drug-likeness (QED) is 0.778. The van der Waals surface area contributed by atoms with E-state index in [1.54, 1.807) is 7.11 Å². The number of thioether (sulfide) groups is 1. The van der Waals surface area contributed by atoms with Crippen molar-refractivity contribution in [3.8, 4) is 0 Å². The van der Waals surface area contributed by atoms with Crippen molar-refractivity contribution >= 4 is 40.2 Å². The number of methoxy groups -OCH3 is 1. The van der Waals surface area contributed by atoms with Gasteiger partial charge in [0.2, 0.25) is 0 Å². The molecule has 1 aromatic heterocycles. The molecule has 106 valence electrons. The molecule has 1 aromatic rings. The average molecular weight is 393 g/mol. The van der Waals surface area contributed by atoms with Gasteiger partial charge in [0, 0.05) is 12.4 Å². The zero-order valence-electron chi connectivity index (χ0n) is 11.2. The van der Waals surface area contributed by atoms with E-state index in [0.717, 1.165) is 26.1 Å². The van der Waals surface area contributed by atoms with E-state index in [-0.39, 0.29) is 0 Å². The van der Waals surface area contributed by atoms with Gasteiger partial charge in [0.1, 0.15) is 11.6 Å². The number of rotatable bonds is 5. The van der Waals surface area contributed by atoms with Gasteiger partial charge in [-0.1, -0.05) is 19.3 Å². The van der Waals surface area contributed by atoms with Gasteiger partial charge in [-0.2, -0.15) is 11.8 Å². The van der Waals surface area contributed by atoms with E-state index in [0.29, 0.717) is 12.4 Å². The van der Waals surface area contributed by atoms with Crippen LogP contribution in [-0.2, 0) is 17.1 Å². The number of nitrogens with two attached hydrogens (primary N) is 1. The Kier molecular flexibility index (Phi) is 6.15. The number of nitrogen functional groups attached to an aromatic ring is 1. The first-order valence-electron chi connectivity index (χ1n) is 6.62. The van der Waals surface area contributed by atoms with Crippen LogP contribution in [0.1, 0.15) is 43.6 Å². The summed E-state index contributed by atoms with van der Waals surface area (Å²) in [6.07, 6.45) is 6.78. The summed E-state index contributed by atoms with van der Waals surface area (Å²) in [6, 6.07) is 0. The molecule has 2 N–H and O–H groups in total. The van der Waals surface area contributed by atoms with E-state index in [2.05, 4.69) is 32.6 Å². The summed E-state index contributed by atoms with van der Waals surface area (Å²) in [5, 5.41) is 0.767. The summed E-state index contributed by atoms with van der Waals surface area (Å²) in [5.74, 6) is 2.25. The highest BCUT2D eigenvalue weighted by molar-refractivity contribution is 14.1. The number of aromatic nitrogens is 2. The summed E-state index contributed by atoms with van der Waals surface area (Å²) in [7, 11) is 1.67. The second-order valence-corrected chi connectivity index (χ2v) is 7.16. The first-order valence-corrected chi connectivity index (χ1v) is 8.74. The zero-order valence-corrected chi connectivity index (χ0v) is 14.2. The van der Waals surface area contributed by atoms with Crippen LogP contribution in [0, 0.1) is 3.57 Å². The lowest BCUT2D eigenvalue weighted by molar-refractivity contribution is 0.180. The predicted octanol–water partition coefficient (Wildman–Crippen LogP) is 3.38. The largest absolute Gasteiger partial charge is 0.383 e. The molecule has 6 heteroatoms. The topological polar surface area (TPSA) is 61.0 Å². The minimum Gasteiger partial charge on any atom is -0.383 e. The third-order valence-corrected chi connectivity index (χ3v) is 5.82. The molecule has 0 amide bonds. The highest BCUT2D eigenvalue weighted by Gasteiger charge is 2.15. The fraction of sp³-hybridized carbons (Fsp3) is 0.692. The molecule has 0 bridgehead atoms. The number of anilines is 1. The smallest absolute Gasteiger partial charge is 0.141 e. The SMILES string of the molecule is COCc1nc(CSC2CCCCC2)nc(N)c1I. The normalized spacial score (nSPS) is 16.7. The monoisotopic (exact) mass is 393 g/mol. The van der Waals surface area contributed by atoms with Crippen LogP contribution in [0.25, 0.3) is 0 Å². The van der Waals surface area contributed by atoms with Gasteiger partial charge in [-0.05, 0) is 35.4 Å². The molecule has 0 atom stereocenters. The van der Waals surface area contributed by atoms with Crippen LogP contribution in [0.2, 0.25) is 0 Å². The van der Waals surface area contributed by atoms with Crippen molar-refractivity contribution in [2.45, 2.75) is 49.7 Å². The molecular weight excluding hydrogens is 373 g/mol. The number of ether oxygens (including phenoxy) is 1. The van der Waals surface area contributed by atoms with Crippen LogP contribution in [0.5, 0.6) is 0 Å². The molecule has 4 nitrogen and oxygen atoms in total. The molecule has 2 rings (SSSR count). The van der Waals surface area contributed by atoms with E-state index >= 15 is 0 Å². The van der Waals surface area contributed by atoms with Crippen LogP contribution in [0.3, 0.4) is 0 Å². The fourth-order valence-electron chi connectivity index (χ4n) is 2.29. The molecule has 0 aliphatic heterocycles. The second-order valence-electron chi connectivity index (χ2n) is 4.79. The lowest BCUT2D eigenvalue weighted by Crippen LogP contribution is -2.11. The molecule has 1 saturated carbocycles. The molecular formula is C13H20IN3OS. The molecule has 1 heterocycles. The lowest BCUT2D eigenvalue weighted by Gasteiger charge is -2.20. The van der Waals surface area contributed by atoms with Crippen molar-refractivity contribution in [2.24, 2.45) is 0 Å². The molecule has 19 heavy (non-hydrogen) atoms. The van der Waals surface area contributed by atoms with Gasteiger partial charge in [-0.25, -0.2) is 9.97 Å². The summed E-state index contributed by atoms with van der Waals surface area (Å²) in [5.41, 5.74) is 6.84. The Morgan fingerprint density at radius 2 is 2.05 bits per heavy atom. The first kappa shape index (κ1) is 15.3. The van der Waals surface area contributed by atoms with E-state index in [9.17, 15) is 0 Å². The minimum atomic E-state index is 0.492. The van der Waals surface area contributed by atoms with Crippen LogP contribution >= 0.6 is 34.4 Å². The summed E-state index contributed by atoms with van der Waals surface area (Å²) >= 11 is 4.15. The highest BCUT2D eigenvalue weighted by Crippen LogP contribution is 2.30. The molecule has 1 aliphatic rings. The van der Waals surface area contributed by atoms with Gasteiger partial charge < -0.3 is 10.5 Å². The van der Waals surface area contributed by atoms with E-state index in [4.69, 9.17) is 10.5 Å². The summed E-state index contributed by atoms with van der Waals surface area (Å²) in [6.45, 7) is 0.492. The molecule has 1 fully saturated rings. The molecule has 0 aromatic carbocycles. The van der Waals surface area contributed by atoms with Crippen LogP contribution in [0.15, 0.2) is 0 Å². The van der Waals surface area contributed by atoms with Crippen molar-refractivity contribution in [3.63, 3.8) is 0 Å². The van der Waals surface area contributed by atoms with Crippen molar-refractivity contribution in [3.05, 3.63) is 15.1 Å². The molecule has 1 aliphatic carbocycles. The predicted molar refractivity (Wildman–Crippen MR) is 88.0 cm³/mol. The van der Waals surface area contributed by atoms with Crippen LogP contribution < -0.4 is 5.73 Å². The molecule has 0 unspecified atom stereocenters. The summed E-state index contributed by atoms with van der Waals surface area (Å²) in [4.78, 5) is 8.95. The maximum atomic E-state index is 5.94. The number of hydrogen-bond donors (Lipinski definition) is 1. The van der Waals surface area contributed by atoms with Crippen LogP contribution in [-0.4, -0.2) is 22.3 Å². The van der Waals surface area contributed by atoms with Gasteiger partial charge in [0.05, 0.1) is 21.6 Å². The van der Waals surface area contributed by atoms with Crippen molar-refractivity contribution < 1.29 is 4.74 Å². The third kappa shape index (κ3) is 4.46. The standard InChI is InChI=1S/C13H20IN3OS/c1-18-7-10-12(14)13(15)17-11(16-10)8-19-9-5-3-2-4-6-9/h9H,2-8H2,1H3,(H2,15,16,17). The van der Waals surface area contributed by atoms with Gasteiger partial charge in [-0.3, -0.25) is 0 Å². The Bertz CT molecular complexity index is 425. The molecule has 0 saturated heterocycles. The third-order valence-electron chi connectivity index (χ3n) is 3.27. The first-order chi connectivity index (χ1) is 9.20. The molecule has 0 radical (unpaired) electrons. The fourth-order valence-corrected chi connectivity index (χ4v) is 3.86. The Morgan fingerprint density at radius 1 is 1.32 bits per heavy atom. The van der Waals surface area contributed by atoms with Crippen molar-refractivity contribution in [1.82, 2.24) is 9.97 Å². The number of halogens is 1. The van der Waals surface area contributed by atoms with Crippen LogP contribution in [0.4, 0.5) is 5.82 Å². The Balaban J connectivity index is 1.99. The van der Waals surface area contributed by atoms with Crippen molar-refractivity contribution in [1.29, 1.82) is 0 Å². The minimum absolute atomic E-state index is 0.492. The lowest BCUT2D eigenvalue weighted by atomic mass is 10.0. The maximum absolute atomic E-state index is 5.94. The van der Waals surface area contributed by atoms with E-state index in [1.807, 2.05) is 11.8 Å².